The molecule has 1 atom stereocenters. The molecule has 1 fully saturated rings. The first-order chi connectivity index (χ1) is 18.0. The van der Waals surface area contributed by atoms with Crippen LogP contribution in [0.2, 0.25) is 0 Å². The number of aliphatic hydroxyl groups is 1. The van der Waals surface area contributed by atoms with Gasteiger partial charge in [0, 0.05) is 49.6 Å². The Morgan fingerprint density at radius 3 is 2.26 bits per heavy atom. The van der Waals surface area contributed by atoms with Gasteiger partial charge < -0.3 is 39.7 Å². The number of nitrogens with zero attached hydrogens (tertiary/aromatic N) is 3. The van der Waals surface area contributed by atoms with E-state index in [2.05, 4.69) is 41.2 Å². The van der Waals surface area contributed by atoms with Crippen LogP contribution in [0.5, 0.6) is 0 Å². The Labute approximate surface area is 218 Å². The van der Waals surface area contributed by atoms with E-state index in [0.29, 0.717) is 0 Å². The highest BCUT2D eigenvalue weighted by molar-refractivity contribution is 5.86. The summed E-state index contributed by atoms with van der Waals surface area (Å²) in [5.74, 6) is -5.98. The number of carbonyl (C=O) groups excluding carboxylic acids is 3. The number of aromatic nitrogens is 2. The van der Waals surface area contributed by atoms with Gasteiger partial charge in [-0.2, -0.15) is 9.78 Å². The Hall–Kier alpha value is -4.09. The first kappa shape index (κ1) is 28.5. The van der Waals surface area contributed by atoms with Crippen molar-refractivity contribution in [1.82, 2.24) is 14.7 Å². The van der Waals surface area contributed by atoms with Crippen molar-refractivity contribution in [3.8, 4) is 5.69 Å². The number of rotatable bonds is 9. The minimum absolute atomic E-state index is 0.113. The lowest BCUT2D eigenvalue weighted by Gasteiger charge is -2.29. The van der Waals surface area contributed by atoms with Gasteiger partial charge in [-0.3, -0.25) is 4.79 Å². The number of aliphatic carboxylic acids is 3. The van der Waals surface area contributed by atoms with Crippen LogP contribution in [0.25, 0.3) is 16.5 Å². The number of fused-ring (bicyclic) bond motifs is 1. The van der Waals surface area contributed by atoms with Gasteiger partial charge in [0.25, 0.3) is 5.56 Å². The number of hydrogen-bond donors (Lipinski definition) is 1. The summed E-state index contributed by atoms with van der Waals surface area (Å²) < 4.78 is 1.43. The second-order valence-electron chi connectivity index (χ2n) is 9.33. The standard InChI is InChI=1S/C21H23N3O.C6H8O7/c1-16-4-3-12-23(16)13-10-17-6-7-19-15-20(9-8-18(19)14-17)24-21(25)5-2-11-22-24;7-3(8)1-6(13,5(11)12)2-4(9)10/h2,5-9,11,14-16H,3-4,10,12-13H2,1H3;13H,1-2H2,(H,7,8)(H,9,10)(H,11,12)/p-3. The van der Waals surface area contributed by atoms with Crippen molar-refractivity contribution in [3.63, 3.8) is 0 Å². The molecule has 11 heteroatoms. The molecule has 38 heavy (non-hydrogen) atoms. The Bertz CT molecular complexity index is 1350. The van der Waals surface area contributed by atoms with Crippen molar-refractivity contribution in [3.05, 3.63) is 70.6 Å². The third kappa shape index (κ3) is 7.46. The second-order valence-corrected chi connectivity index (χ2v) is 9.33. The van der Waals surface area contributed by atoms with E-state index in [1.54, 1.807) is 12.3 Å². The van der Waals surface area contributed by atoms with Gasteiger partial charge in [0.1, 0.15) is 5.60 Å². The fourth-order valence-corrected chi connectivity index (χ4v) is 4.40. The van der Waals surface area contributed by atoms with E-state index in [-0.39, 0.29) is 5.56 Å². The molecule has 2 heterocycles. The summed E-state index contributed by atoms with van der Waals surface area (Å²) in [6.45, 7) is 4.69. The van der Waals surface area contributed by atoms with Gasteiger partial charge in [-0.05, 0) is 67.3 Å². The minimum Gasteiger partial charge on any atom is -0.550 e. The molecule has 0 amide bonds. The zero-order valence-corrected chi connectivity index (χ0v) is 20.9. The van der Waals surface area contributed by atoms with Crippen LogP contribution in [-0.2, 0) is 20.8 Å². The van der Waals surface area contributed by atoms with Crippen molar-refractivity contribution in [2.45, 2.75) is 50.7 Å². The monoisotopic (exact) mass is 522 g/mol. The summed E-state index contributed by atoms with van der Waals surface area (Å²) in [6, 6.07) is 16.6. The fourth-order valence-electron chi connectivity index (χ4n) is 4.40. The summed E-state index contributed by atoms with van der Waals surface area (Å²) in [4.78, 5) is 44.5. The topological polar surface area (TPSA) is 179 Å². The lowest BCUT2D eigenvalue weighted by molar-refractivity contribution is -0.339. The molecule has 1 saturated heterocycles. The maximum Gasteiger partial charge on any atom is 0.271 e. The van der Waals surface area contributed by atoms with E-state index in [0.717, 1.165) is 30.1 Å². The third-order valence-electron chi connectivity index (χ3n) is 6.48. The molecule has 1 aliphatic rings. The van der Waals surface area contributed by atoms with Gasteiger partial charge in [0.2, 0.25) is 0 Å². The van der Waals surface area contributed by atoms with Crippen molar-refractivity contribution in [2.75, 3.05) is 13.1 Å². The fraction of sp³-hybridized carbons (Fsp3) is 0.370. The van der Waals surface area contributed by atoms with Gasteiger partial charge >= 0.3 is 0 Å². The average Bonchev–Trinajstić information content (AvgIpc) is 3.26. The number of carboxylic acids is 3. The molecular weight excluding hydrogens is 494 g/mol. The highest BCUT2D eigenvalue weighted by Gasteiger charge is 2.29. The number of likely N-dealkylation sites (tertiary alicyclic amines) is 1. The number of hydrogen-bond acceptors (Lipinski definition) is 10. The highest BCUT2D eigenvalue weighted by Crippen LogP contribution is 2.21. The molecule has 202 valence electrons. The smallest absolute Gasteiger partial charge is 0.271 e. The molecule has 1 unspecified atom stereocenters. The first-order valence-corrected chi connectivity index (χ1v) is 12.1. The molecule has 1 N–H and O–H groups in total. The Morgan fingerprint density at radius 1 is 1.03 bits per heavy atom. The summed E-state index contributed by atoms with van der Waals surface area (Å²) in [7, 11) is 0. The highest BCUT2D eigenvalue weighted by atomic mass is 16.4. The molecule has 0 aliphatic carbocycles. The van der Waals surface area contributed by atoms with Crippen LogP contribution in [0.4, 0.5) is 0 Å². The molecule has 4 rings (SSSR count). The van der Waals surface area contributed by atoms with E-state index in [1.165, 1.54) is 41.1 Å². The largest absolute Gasteiger partial charge is 0.550 e. The first-order valence-electron chi connectivity index (χ1n) is 12.1. The zero-order valence-electron chi connectivity index (χ0n) is 20.9. The van der Waals surface area contributed by atoms with Crippen LogP contribution in [-0.4, -0.2) is 62.4 Å². The SMILES string of the molecule is CC1CCCN1CCc1ccc2cc(-n3ncccc3=O)ccc2c1.O=C([O-])CC(O)(CC(=O)[O-])C(=O)[O-]. The molecule has 11 nitrogen and oxygen atoms in total. The summed E-state index contributed by atoms with van der Waals surface area (Å²) >= 11 is 0. The van der Waals surface area contributed by atoms with Crippen molar-refractivity contribution in [1.29, 1.82) is 0 Å². The lowest BCUT2D eigenvalue weighted by Crippen LogP contribution is -2.54. The van der Waals surface area contributed by atoms with Gasteiger partial charge in [-0.15, -0.1) is 0 Å². The molecule has 0 saturated carbocycles. The predicted octanol–water partition coefficient (Wildman–Crippen LogP) is -1.84. The second kappa shape index (κ2) is 12.4. The van der Waals surface area contributed by atoms with E-state index < -0.39 is 36.4 Å². The quantitative estimate of drug-likeness (QED) is 0.336. The molecule has 0 spiro atoms. The van der Waals surface area contributed by atoms with Crippen LogP contribution < -0.4 is 20.9 Å². The number of benzene rings is 2. The Morgan fingerprint density at radius 2 is 1.68 bits per heavy atom. The van der Waals surface area contributed by atoms with Crippen LogP contribution >= 0.6 is 0 Å². The third-order valence-corrected chi connectivity index (χ3v) is 6.48. The van der Waals surface area contributed by atoms with E-state index in [1.807, 2.05) is 12.1 Å². The normalized spacial score (nSPS) is 15.6. The van der Waals surface area contributed by atoms with Crippen LogP contribution in [0.15, 0.2) is 59.5 Å². The van der Waals surface area contributed by atoms with Crippen LogP contribution in [0, 0.1) is 0 Å². The van der Waals surface area contributed by atoms with Crippen molar-refractivity contribution >= 4 is 28.7 Å². The Kier molecular flexibility index (Phi) is 9.32. The molecule has 1 aliphatic heterocycles. The van der Waals surface area contributed by atoms with Crippen LogP contribution in [0.1, 0.15) is 38.2 Å². The van der Waals surface area contributed by atoms with E-state index >= 15 is 0 Å². The van der Waals surface area contributed by atoms with Gasteiger partial charge in [0.15, 0.2) is 0 Å². The molecule has 0 radical (unpaired) electrons. The Balaban J connectivity index is 0.000000263. The zero-order chi connectivity index (χ0) is 27.9. The molecule has 2 aromatic carbocycles. The van der Waals surface area contributed by atoms with Gasteiger partial charge in [-0.1, -0.05) is 24.3 Å². The van der Waals surface area contributed by atoms with E-state index in [4.69, 9.17) is 5.11 Å². The predicted molar refractivity (Wildman–Crippen MR) is 131 cm³/mol. The molecule has 3 aromatic rings. The lowest BCUT2D eigenvalue weighted by atomic mass is 9.96. The number of carboxylic acid groups (broad SMARTS) is 3. The summed E-state index contributed by atoms with van der Waals surface area (Å²) in [5, 5.41) is 45.4. The molecule has 0 bridgehead atoms. The van der Waals surface area contributed by atoms with Crippen molar-refractivity contribution < 1.29 is 34.8 Å². The summed E-state index contributed by atoms with van der Waals surface area (Å²) in [5.41, 5.74) is -0.915. The van der Waals surface area contributed by atoms with E-state index in [9.17, 15) is 34.5 Å². The summed E-state index contributed by atoms with van der Waals surface area (Å²) in [6.07, 6.45) is 2.66. The minimum atomic E-state index is -2.97. The van der Waals surface area contributed by atoms with Crippen molar-refractivity contribution in [2.24, 2.45) is 0 Å². The number of carbonyl (C=O) groups is 3. The van der Waals surface area contributed by atoms with Gasteiger partial charge in [0.05, 0.1) is 11.7 Å². The van der Waals surface area contributed by atoms with Gasteiger partial charge in [-0.25, -0.2) is 0 Å². The van der Waals surface area contributed by atoms with Crippen LogP contribution in [0.3, 0.4) is 0 Å². The maximum atomic E-state index is 11.9. The molecule has 1 aromatic heterocycles. The molecular formula is C27H28N3O8-3. The maximum absolute atomic E-state index is 11.9. The average molecular weight is 523 g/mol.